The highest BCUT2D eigenvalue weighted by Gasteiger charge is 2.22. The number of hydrogen-bond acceptors (Lipinski definition) is 5. The molecule has 8 heteroatoms. The van der Waals surface area contributed by atoms with Gasteiger partial charge in [-0.1, -0.05) is 54.2 Å². The summed E-state index contributed by atoms with van der Waals surface area (Å²) in [7, 11) is 3.46. The lowest BCUT2D eigenvalue weighted by Crippen LogP contribution is -2.29. The van der Waals surface area contributed by atoms with Gasteiger partial charge < -0.3 is 4.90 Å². The summed E-state index contributed by atoms with van der Waals surface area (Å²) in [4.78, 5) is 27.1. The lowest BCUT2D eigenvalue weighted by atomic mass is 10.2. The lowest BCUT2D eigenvalue weighted by molar-refractivity contribution is -0.127. The second-order valence-electron chi connectivity index (χ2n) is 7.00. The number of thioether (sulfide) groups is 1. The molecule has 2 heterocycles. The van der Waals surface area contributed by atoms with Crippen LogP contribution in [-0.2, 0) is 11.3 Å². The summed E-state index contributed by atoms with van der Waals surface area (Å²) in [6.07, 6.45) is 0. The van der Waals surface area contributed by atoms with Crippen molar-refractivity contribution >= 4 is 34.3 Å². The fraction of sp³-hybridized carbons (Fsp3) is 0.238. The molecule has 0 spiro atoms. The van der Waals surface area contributed by atoms with E-state index in [1.165, 1.54) is 11.8 Å². The maximum Gasteiger partial charge on any atom is 0.263 e. The van der Waals surface area contributed by atoms with Gasteiger partial charge in [0, 0.05) is 14.1 Å². The number of benzene rings is 2. The van der Waals surface area contributed by atoms with Crippen molar-refractivity contribution in [1.29, 1.82) is 0 Å². The Labute approximate surface area is 172 Å². The topological polar surface area (TPSA) is 72.5 Å². The van der Waals surface area contributed by atoms with E-state index in [1.807, 2.05) is 59.9 Å². The molecule has 0 saturated heterocycles. The van der Waals surface area contributed by atoms with Crippen LogP contribution in [0, 0.1) is 0 Å². The molecular formula is C21H21N5O2S. The van der Waals surface area contributed by atoms with E-state index in [9.17, 15) is 9.59 Å². The van der Waals surface area contributed by atoms with Crippen molar-refractivity contribution in [2.75, 3.05) is 14.1 Å². The van der Waals surface area contributed by atoms with Gasteiger partial charge in [0.15, 0.2) is 5.16 Å². The predicted octanol–water partition coefficient (Wildman–Crippen LogP) is 2.66. The van der Waals surface area contributed by atoms with Crippen molar-refractivity contribution in [3.63, 3.8) is 0 Å². The normalized spacial score (nSPS) is 12.4. The zero-order chi connectivity index (χ0) is 20.5. The van der Waals surface area contributed by atoms with E-state index in [0.717, 1.165) is 11.1 Å². The number of fused-ring (bicyclic) bond motifs is 3. The number of rotatable bonds is 5. The Hall–Kier alpha value is -3.13. The van der Waals surface area contributed by atoms with E-state index in [4.69, 9.17) is 0 Å². The highest BCUT2D eigenvalue weighted by molar-refractivity contribution is 8.00. The maximum absolute atomic E-state index is 13.2. The number of amides is 1. The minimum absolute atomic E-state index is 0.00587. The number of para-hydroxylation sites is 1. The smallest absolute Gasteiger partial charge is 0.263 e. The molecule has 29 heavy (non-hydrogen) atoms. The first kappa shape index (κ1) is 19.2. The summed E-state index contributed by atoms with van der Waals surface area (Å²) in [6, 6.07) is 17.2. The molecule has 7 nitrogen and oxygen atoms in total. The molecule has 0 N–H and O–H groups in total. The Morgan fingerprint density at radius 3 is 2.48 bits per heavy atom. The quantitative estimate of drug-likeness (QED) is 0.476. The molecule has 0 aliphatic rings. The van der Waals surface area contributed by atoms with E-state index >= 15 is 0 Å². The molecule has 0 aliphatic carbocycles. The van der Waals surface area contributed by atoms with Gasteiger partial charge in [0.25, 0.3) is 5.56 Å². The van der Waals surface area contributed by atoms with E-state index in [2.05, 4.69) is 10.2 Å². The predicted molar refractivity (Wildman–Crippen MR) is 114 cm³/mol. The largest absolute Gasteiger partial charge is 0.348 e. The van der Waals surface area contributed by atoms with Crippen LogP contribution in [0.1, 0.15) is 12.5 Å². The summed E-state index contributed by atoms with van der Waals surface area (Å²) in [6.45, 7) is 2.24. The molecule has 0 saturated carbocycles. The van der Waals surface area contributed by atoms with Crippen LogP contribution in [0.25, 0.3) is 16.7 Å². The van der Waals surface area contributed by atoms with Gasteiger partial charge in [0.1, 0.15) is 0 Å². The first-order valence-corrected chi connectivity index (χ1v) is 10.1. The number of nitrogens with zero attached hydrogens (tertiary/aromatic N) is 5. The molecule has 1 amide bonds. The Morgan fingerprint density at radius 2 is 1.76 bits per heavy atom. The average Bonchev–Trinajstić information content (AvgIpc) is 3.14. The molecular weight excluding hydrogens is 386 g/mol. The fourth-order valence-electron chi connectivity index (χ4n) is 3.29. The Bertz CT molecular complexity index is 1250. The maximum atomic E-state index is 13.2. The molecule has 4 aromatic rings. The van der Waals surface area contributed by atoms with Crippen LogP contribution < -0.4 is 5.56 Å². The number of carbonyl (C=O) groups excluding carboxylic acids is 1. The van der Waals surface area contributed by atoms with Crippen molar-refractivity contribution in [3.05, 3.63) is 70.5 Å². The van der Waals surface area contributed by atoms with Crippen LogP contribution in [0.4, 0.5) is 0 Å². The van der Waals surface area contributed by atoms with Crippen LogP contribution >= 0.6 is 11.8 Å². The Kier molecular flexibility index (Phi) is 5.10. The third-order valence-corrected chi connectivity index (χ3v) is 5.76. The first-order chi connectivity index (χ1) is 14.0. The van der Waals surface area contributed by atoms with Crippen LogP contribution in [0.5, 0.6) is 0 Å². The highest BCUT2D eigenvalue weighted by atomic mass is 32.2. The van der Waals surface area contributed by atoms with Crippen molar-refractivity contribution in [3.8, 4) is 0 Å². The van der Waals surface area contributed by atoms with E-state index in [-0.39, 0.29) is 16.7 Å². The van der Waals surface area contributed by atoms with Gasteiger partial charge in [0.2, 0.25) is 11.7 Å². The molecule has 4 rings (SSSR count). The molecule has 1 atom stereocenters. The standard InChI is InChI=1S/C21H21N5O2S/c1-14(18(27)24(2)3)29-21-23-22-20-25(13-15-9-5-4-6-10-15)19(28)16-11-7-8-12-17(16)26(20)21/h4-12,14H,13H2,1-3H3. The van der Waals surface area contributed by atoms with Gasteiger partial charge in [-0.15, -0.1) is 10.2 Å². The van der Waals surface area contributed by atoms with Gasteiger partial charge in [0.05, 0.1) is 22.7 Å². The Morgan fingerprint density at radius 1 is 1.07 bits per heavy atom. The summed E-state index contributed by atoms with van der Waals surface area (Å²) < 4.78 is 3.50. The van der Waals surface area contributed by atoms with Gasteiger partial charge in [-0.05, 0) is 24.6 Å². The van der Waals surface area contributed by atoms with E-state index in [1.54, 1.807) is 29.6 Å². The minimum Gasteiger partial charge on any atom is -0.348 e. The van der Waals surface area contributed by atoms with Gasteiger partial charge >= 0.3 is 0 Å². The van der Waals surface area contributed by atoms with Gasteiger partial charge in [-0.3, -0.25) is 18.6 Å². The van der Waals surface area contributed by atoms with E-state index in [0.29, 0.717) is 22.9 Å². The first-order valence-electron chi connectivity index (χ1n) is 9.26. The van der Waals surface area contributed by atoms with Crippen LogP contribution in [0.3, 0.4) is 0 Å². The van der Waals surface area contributed by atoms with Crippen LogP contribution in [0.2, 0.25) is 0 Å². The van der Waals surface area contributed by atoms with E-state index < -0.39 is 0 Å². The third-order valence-electron chi connectivity index (χ3n) is 4.73. The lowest BCUT2D eigenvalue weighted by Gasteiger charge is -2.16. The molecule has 2 aromatic heterocycles. The van der Waals surface area contributed by atoms with Gasteiger partial charge in [-0.2, -0.15) is 0 Å². The molecule has 0 bridgehead atoms. The second-order valence-corrected chi connectivity index (χ2v) is 8.31. The highest BCUT2D eigenvalue weighted by Crippen LogP contribution is 2.26. The number of hydrogen-bond donors (Lipinski definition) is 0. The Balaban J connectivity index is 1.90. The van der Waals surface area contributed by atoms with Gasteiger partial charge in [-0.25, -0.2) is 0 Å². The van der Waals surface area contributed by atoms with Crippen molar-refractivity contribution < 1.29 is 4.79 Å². The summed E-state index contributed by atoms with van der Waals surface area (Å²) in [5.74, 6) is 0.457. The molecule has 1 unspecified atom stereocenters. The fourth-order valence-corrected chi connectivity index (χ4v) is 4.29. The number of aromatic nitrogens is 4. The monoisotopic (exact) mass is 407 g/mol. The van der Waals surface area contributed by atoms with Crippen LogP contribution in [0.15, 0.2) is 64.5 Å². The average molecular weight is 407 g/mol. The molecule has 0 fully saturated rings. The zero-order valence-corrected chi connectivity index (χ0v) is 17.3. The third kappa shape index (κ3) is 3.51. The van der Waals surface area contributed by atoms with Crippen molar-refractivity contribution in [2.45, 2.75) is 23.9 Å². The van der Waals surface area contributed by atoms with Crippen LogP contribution in [-0.4, -0.2) is 49.3 Å². The summed E-state index contributed by atoms with van der Waals surface area (Å²) in [5.41, 5.74) is 1.62. The second kappa shape index (κ2) is 7.71. The number of carbonyl (C=O) groups is 1. The minimum atomic E-state index is -0.328. The molecule has 0 radical (unpaired) electrons. The molecule has 2 aromatic carbocycles. The summed E-state index contributed by atoms with van der Waals surface area (Å²) in [5, 5.41) is 9.47. The SMILES string of the molecule is CC(Sc1nnc2n(Cc3ccccc3)c(=O)c3ccccc3n12)C(=O)N(C)C. The zero-order valence-electron chi connectivity index (χ0n) is 16.4. The van der Waals surface area contributed by atoms with Crippen molar-refractivity contribution in [1.82, 2.24) is 24.1 Å². The molecule has 0 aliphatic heterocycles. The summed E-state index contributed by atoms with van der Waals surface area (Å²) >= 11 is 1.33. The molecule has 148 valence electrons. The van der Waals surface area contributed by atoms with Crippen molar-refractivity contribution in [2.24, 2.45) is 0 Å².